The molecular formula is C13H30N2. The fourth-order valence-electron chi connectivity index (χ4n) is 1.60. The fourth-order valence-corrected chi connectivity index (χ4v) is 1.60. The lowest BCUT2D eigenvalue weighted by atomic mass is 10.1. The maximum absolute atomic E-state index is 3.49. The van der Waals surface area contributed by atoms with Crippen LogP contribution in [0.3, 0.4) is 0 Å². The second kappa shape index (κ2) is 10.4. The summed E-state index contributed by atoms with van der Waals surface area (Å²) >= 11 is 0. The molecule has 0 amide bonds. The minimum atomic E-state index is 0.782. The molecule has 0 saturated heterocycles. The normalized spacial score (nSPS) is 11.6. The predicted octanol–water partition coefficient (Wildman–Crippen LogP) is 2.74. The van der Waals surface area contributed by atoms with E-state index < -0.39 is 0 Å². The Morgan fingerprint density at radius 3 is 2.13 bits per heavy atom. The Morgan fingerprint density at radius 2 is 1.53 bits per heavy atom. The Bertz CT molecular complexity index is 108. The molecule has 0 aromatic carbocycles. The SMILES string of the molecule is CC(C)CNCCCCCCCN(C)C. The highest BCUT2D eigenvalue weighted by molar-refractivity contribution is 4.52. The van der Waals surface area contributed by atoms with E-state index in [2.05, 4.69) is 38.2 Å². The molecule has 2 nitrogen and oxygen atoms in total. The van der Waals surface area contributed by atoms with Crippen molar-refractivity contribution in [3.05, 3.63) is 0 Å². The van der Waals surface area contributed by atoms with E-state index in [1.807, 2.05) is 0 Å². The minimum absolute atomic E-state index is 0.782. The third-order valence-corrected chi connectivity index (χ3v) is 2.51. The number of hydrogen-bond acceptors (Lipinski definition) is 2. The smallest absolute Gasteiger partial charge is 0.00248 e. The highest BCUT2D eigenvalue weighted by Crippen LogP contribution is 2.02. The average molecular weight is 214 g/mol. The third-order valence-electron chi connectivity index (χ3n) is 2.51. The Balaban J connectivity index is 2.93. The van der Waals surface area contributed by atoms with Crippen LogP contribution in [0.15, 0.2) is 0 Å². The summed E-state index contributed by atoms with van der Waals surface area (Å²) < 4.78 is 0. The molecule has 0 unspecified atom stereocenters. The van der Waals surface area contributed by atoms with Crippen molar-refractivity contribution in [2.75, 3.05) is 33.7 Å². The van der Waals surface area contributed by atoms with E-state index in [1.54, 1.807) is 0 Å². The summed E-state index contributed by atoms with van der Waals surface area (Å²) in [6.45, 7) is 8.13. The first kappa shape index (κ1) is 14.9. The molecule has 1 N–H and O–H groups in total. The lowest BCUT2D eigenvalue weighted by Gasteiger charge is -2.09. The van der Waals surface area contributed by atoms with E-state index in [1.165, 1.54) is 51.7 Å². The zero-order valence-electron chi connectivity index (χ0n) is 11.2. The van der Waals surface area contributed by atoms with E-state index in [4.69, 9.17) is 0 Å². The molecule has 0 fully saturated rings. The summed E-state index contributed by atoms with van der Waals surface area (Å²) in [4.78, 5) is 2.27. The number of hydrogen-bond donors (Lipinski definition) is 1. The van der Waals surface area contributed by atoms with Crippen molar-refractivity contribution in [2.24, 2.45) is 5.92 Å². The first-order valence-corrected chi connectivity index (χ1v) is 6.48. The Labute approximate surface area is 96.4 Å². The van der Waals surface area contributed by atoms with Crippen molar-refractivity contribution < 1.29 is 0 Å². The summed E-state index contributed by atoms with van der Waals surface area (Å²) in [5.74, 6) is 0.782. The van der Waals surface area contributed by atoms with Gasteiger partial charge in [0, 0.05) is 0 Å². The number of unbranched alkanes of at least 4 members (excludes halogenated alkanes) is 4. The van der Waals surface area contributed by atoms with Crippen LogP contribution in [0.5, 0.6) is 0 Å². The van der Waals surface area contributed by atoms with E-state index in [9.17, 15) is 0 Å². The van der Waals surface area contributed by atoms with Gasteiger partial charge in [0.1, 0.15) is 0 Å². The molecule has 0 aromatic rings. The molecule has 0 aliphatic carbocycles. The first-order chi connectivity index (χ1) is 7.13. The summed E-state index contributed by atoms with van der Waals surface area (Å²) in [7, 11) is 4.30. The van der Waals surface area contributed by atoms with Gasteiger partial charge in [0.15, 0.2) is 0 Å². The minimum Gasteiger partial charge on any atom is -0.316 e. The maximum atomic E-state index is 3.49. The summed E-state index contributed by atoms with van der Waals surface area (Å²) in [6, 6.07) is 0. The first-order valence-electron chi connectivity index (χ1n) is 6.48. The van der Waals surface area contributed by atoms with Crippen LogP contribution in [0, 0.1) is 5.92 Å². The van der Waals surface area contributed by atoms with Crippen molar-refractivity contribution in [1.29, 1.82) is 0 Å². The molecule has 0 bridgehead atoms. The predicted molar refractivity (Wildman–Crippen MR) is 69.3 cm³/mol. The maximum Gasteiger partial charge on any atom is -0.00248 e. The average Bonchev–Trinajstić information content (AvgIpc) is 2.14. The molecule has 0 aliphatic heterocycles. The molecule has 92 valence electrons. The molecule has 0 atom stereocenters. The van der Waals surface area contributed by atoms with E-state index in [0.717, 1.165) is 5.92 Å². The van der Waals surface area contributed by atoms with E-state index >= 15 is 0 Å². The van der Waals surface area contributed by atoms with Crippen molar-refractivity contribution in [3.8, 4) is 0 Å². The van der Waals surface area contributed by atoms with Crippen molar-refractivity contribution in [3.63, 3.8) is 0 Å². The van der Waals surface area contributed by atoms with Crippen LogP contribution in [0.2, 0.25) is 0 Å². The van der Waals surface area contributed by atoms with Crippen LogP contribution >= 0.6 is 0 Å². The van der Waals surface area contributed by atoms with Gasteiger partial charge in [-0.2, -0.15) is 0 Å². The third kappa shape index (κ3) is 13.9. The monoisotopic (exact) mass is 214 g/mol. The highest BCUT2D eigenvalue weighted by Gasteiger charge is 1.94. The largest absolute Gasteiger partial charge is 0.316 e. The van der Waals surface area contributed by atoms with Gasteiger partial charge in [-0.1, -0.05) is 33.1 Å². The lowest BCUT2D eigenvalue weighted by molar-refractivity contribution is 0.389. The van der Waals surface area contributed by atoms with Crippen molar-refractivity contribution in [2.45, 2.75) is 46.0 Å². The molecule has 15 heavy (non-hydrogen) atoms. The molecule has 2 heteroatoms. The van der Waals surface area contributed by atoms with Crippen LogP contribution in [0.1, 0.15) is 46.0 Å². The molecule has 0 radical (unpaired) electrons. The second-order valence-electron chi connectivity index (χ2n) is 5.17. The lowest BCUT2D eigenvalue weighted by Crippen LogP contribution is -2.20. The van der Waals surface area contributed by atoms with Gasteiger partial charge >= 0.3 is 0 Å². The van der Waals surface area contributed by atoms with Gasteiger partial charge < -0.3 is 10.2 Å². The van der Waals surface area contributed by atoms with Crippen LogP contribution in [-0.2, 0) is 0 Å². The van der Waals surface area contributed by atoms with Gasteiger partial charge in [0.2, 0.25) is 0 Å². The standard InChI is InChI=1S/C13H30N2/c1-13(2)12-14-10-8-6-5-7-9-11-15(3)4/h13-14H,5-12H2,1-4H3. The quantitative estimate of drug-likeness (QED) is 0.563. The summed E-state index contributed by atoms with van der Waals surface area (Å²) in [6.07, 6.45) is 6.87. The Hall–Kier alpha value is -0.0800. The van der Waals surface area contributed by atoms with Crippen molar-refractivity contribution in [1.82, 2.24) is 10.2 Å². The van der Waals surface area contributed by atoms with E-state index in [-0.39, 0.29) is 0 Å². The molecule has 0 aliphatic rings. The molecular weight excluding hydrogens is 184 g/mol. The number of nitrogens with zero attached hydrogens (tertiary/aromatic N) is 1. The van der Waals surface area contributed by atoms with E-state index in [0.29, 0.717) is 0 Å². The molecule has 0 rings (SSSR count). The molecule has 0 saturated carbocycles. The zero-order chi connectivity index (χ0) is 11.5. The van der Waals surface area contributed by atoms with Gasteiger partial charge in [-0.25, -0.2) is 0 Å². The fraction of sp³-hybridized carbons (Fsp3) is 1.00. The molecule has 0 aromatic heterocycles. The zero-order valence-corrected chi connectivity index (χ0v) is 11.2. The van der Waals surface area contributed by atoms with Crippen molar-refractivity contribution >= 4 is 0 Å². The van der Waals surface area contributed by atoms with Gasteiger partial charge in [-0.15, -0.1) is 0 Å². The van der Waals surface area contributed by atoms with Crippen LogP contribution in [0.4, 0.5) is 0 Å². The summed E-state index contributed by atoms with van der Waals surface area (Å²) in [5.41, 5.74) is 0. The highest BCUT2D eigenvalue weighted by atomic mass is 15.0. The van der Waals surface area contributed by atoms with Crippen LogP contribution < -0.4 is 5.32 Å². The Kier molecular flexibility index (Phi) is 10.4. The van der Waals surface area contributed by atoms with Gasteiger partial charge in [-0.3, -0.25) is 0 Å². The molecule has 0 heterocycles. The van der Waals surface area contributed by atoms with Crippen LogP contribution in [0.25, 0.3) is 0 Å². The number of nitrogens with one attached hydrogen (secondary N) is 1. The topological polar surface area (TPSA) is 15.3 Å². The second-order valence-corrected chi connectivity index (χ2v) is 5.17. The van der Waals surface area contributed by atoms with Gasteiger partial charge in [0.05, 0.1) is 0 Å². The Morgan fingerprint density at radius 1 is 0.933 bits per heavy atom. The van der Waals surface area contributed by atoms with Gasteiger partial charge in [-0.05, 0) is 52.5 Å². The summed E-state index contributed by atoms with van der Waals surface area (Å²) in [5, 5.41) is 3.49. The van der Waals surface area contributed by atoms with Crippen LogP contribution in [-0.4, -0.2) is 38.6 Å². The molecule has 0 spiro atoms. The van der Waals surface area contributed by atoms with Gasteiger partial charge in [0.25, 0.3) is 0 Å². The number of rotatable bonds is 10.